The molecule has 43 heavy (non-hydrogen) atoms. The molecule has 0 radical (unpaired) electrons. The predicted molar refractivity (Wildman–Crippen MR) is 163 cm³/mol. The molecule has 4 aromatic rings. The summed E-state index contributed by atoms with van der Waals surface area (Å²) in [7, 11) is 0. The van der Waals surface area contributed by atoms with Gasteiger partial charge in [-0.3, -0.25) is 0 Å². The maximum Gasteiger partial charge on any atom is 0.314 e. The molecule has 2 amide bonds. The monoisotopic (exact) mass is 582 g/mol. The van der Waals surface area contributed by atoms with Crippen LogP contribution < -0.4 is 11.1 Å². The minimum Gasteiger partial charge on any atom is -0.374 e. The quantitative estimate of drug-likeness (QED) is 0.208. The molecule has 0 aromatic heterocycles. The van der Waals surface area contributed by atoms with Crippen LogP contribution in [0.5, 0.6) is 0 Å². The average Bonchev–Trinajstić information content (AvgIpc) is 3.04. The number of amides is 2. The Bertz CT molecular complexity index is 1360. The summed E-state index contributed by atoms with van der Waals surface area (Å²) in [4.78, 5) is 12.1. The first-order chi connectivity index (χ1) is 21.2. The summed E-state index contributed by atoms with van der Waals surface area (Å²) in [5.41, 5.74) is 9.61. The molecule has 0 bridgehead atoms. The van der Waals surface area contributed by atoms with Gasteiger partial charge in [-0.25, -0.2) is 4.79 Å². The van der Waals surface area contributed by atoms with E-state index < -0.39 is 36.7 Å². The Balaban J connectivity index is 1.42. The number of urea groups is 1. The van der Waals surface area contributed by atoms with Crippen LogP contribution in [0, 0.1) is 0 Å². The van der Waals surface area contributed by atoms with Crippen molar-refractivity contribution in [2.75, 3.05) is 6.61 Å². The average molecular weight is 583 g/mol. The third-order valence-corrected chi connectivity index (χ3v) is 7.17. The van der Waals surface area contributed by atoms with Crippen molar-refractivity contribution in [2.24, 2.45) is 5.73 Å². The van der Waals surface area contributed by atoms with E-state index >= 15 is 0 Å². The van der Waals surface area contributed by atoms with Gasteiger partial charge in [0.15, 0.2) is 6.23 Å². The molecule has 1 aliphatic rings. The molecule has 0 spiro atoms. The van der Waals surface area contributed by atoms with Crippen molar-refractivity contribution in [2.45, 2.75) is 57.1 Å². The molecule has 0 unspecified atom stereocenters. The van der Waals surface area contributed by atoms with Crippen LogP contribution in [-0.4, -0.2) is 43.3 Å². The summed E-state index contributed by atoms with van der Waals surface area (Å²) < 4.78 is 32.2. The molecule has 4 aromatic carbocycles. The molecule has 8 heteroatoms. The summed E-state index contributed by atoms with van der Waals surface area (Å²) in [6, 6.07) is 38.8. The molecule has 1 heterocycles. The number of benzene rings is 4. The fourth-order valence-electron chi connectivity index (χ4n) is 5.05. The Morgan fingerprint density at radius 2 is 0.977 bits per heavy atom. The van der Waals surface area contributed by atoms with Gasteiger partial charge in [0.05, 0.1) is 33.0 Å². The number of hydrogen-bond donors (Lipinski definition) is 2. The fraction of sp³-hybridized carbons (Fsp3) is 0.286. The maximum absolute atomic E-state index is 12.1. The van der Waals surface area contributed by atoms with E-state index in [9.17, 15) is 4.79 Å². The van der Waals surface area contributed by atoms with Crippen LogP contribution in [0.2, 0.25) is 0 Å². The van der Waals surface area contributed by atoms with Gasteiger partial charge in [-0.2, -0.15) is 0 Å². The Morgan fingerprint density at radius 3 is 1.42 bits per heavy atom. The molecular weight excluding hydrogens is 544 g/mol. The van der Waals surface area contributed by atoms with Crippen LogP contribution in [0.3, 0.4) is 0 Å². The lowest BCUT2D eigenvalue weighted by atomic mass is 9.97. The number of nitrogens with two attached hydrogens (primary N) is 1. The molecule has 8 nitrogen and oxygen atoms in total. The largest absolute Gasteiger partial charge is 0.374 e. The Hall–Kier alpha value is -4.05. The van der Waals surface area contributed by atoms with Gasteiger partial charge in [-0.1, -0.05) is 121 Å². The molecule has 3 N–H and O–H groups in total. The second-order valence-corrected chi connectivity index (χ2v) is 10.4. The summed E-state index contributed by atoms with van der Waals surface area (Å²) in [6.45, 7) is 1.50. The lowest BCUT2D eigenvalue weighted by molar-refractivity contribution is -0.275. The van der Waals surface area contributed by atoms with Crippen LogP contribution in [-0.2, 0) is 50.1 Å². The number of primary amides is 1. The minimum absolute atomic E-state index is 0.196. The Morgan fingerprint density at radius 1 is 0.581 bits per heavy atom. The van der Waals surface area contributed by atoms with Gasteiger partial charge in [0.2, 0.25) is 0 Å². The highest BCUT2D eigenvalue weighted by Crippen LogP contribution is 2.30. The predicted octanol–water partition coefficient (Wildman–Crippen LogP) is 5.35. The van der Waals surface area contributed by atoms with Crippen LogP contribution in [0.25, 0.3) is 0 Å². The van der Waals surface area contributed by atoms with Crippen LogP contribution in [0.1, 0.15) is 22.3 Å². The van der Waals surface area contributed by atoms with E-state index in [4.69, 9.17) is 29.4 Å². The van der Waals surface area contributed by atoms with Gasteiger partial charge in [-0.05, 0) is 22.3 Å². The second-order valence-electron chi connectivity index (χ2n) is 10.4. The van der Waals surface area contributed by atoms with Crippen molar-refractivity contribution >= 4 is 6.03 Å². The standard InChI is InChI=1S/C35H38N2O6/c36-35(38)37-34-33(42-24-29-19-11-4-12-20-29)32(41-23-28-17-9-3-10-18-28)31(40-22-27-15-7-2-8-16-27)30(43-34)25-39-21-26-13-5-1-6-14-26/h1-20,30-34H,21-25H2,(H3,36,37,38)/t30-,31+,32+,33-,34-/m1/s1. The molecule has 0 saturated carbocycles. The SMILES string of the molecule is NC(=O)N[C@@H]1O[C@H](COCc2ccccc2)[C@H](OCc2ccccc2)[C@H](OCc2ccccc2)[C@H]1OCc1ccccc1. The zero-order valence-electron chi connectivity index (χ0n) is 24.0. The van der Waals surface area contributed by atoms with E-state index in [-0.39, 0.29) is 13.2 Å². The lowest BCUT2D eigenvalue weighted by Crippen LogP contribution is -2.65. The minimum atomic E-state index is -0.899. The van der Waals surface area contributed by atoms with E-state index in [1.807, 2.05) is 121 Å². The van der Waals surface area contributed by atoms with E-state index in [2.05, 4.69) is 5.32 Å². The number of ether oxygens (including phenoxy) is 5. The van der Waals surface area contributed by atoms with E-state index in [1.54, 1.807) is 0 Å². The second kappa shape index (κ2) is 16.0. The molecule has 0 aliphatic carbocycles. The van der Waals surface area contributed by atoms with Crippen LogP contribution >= 0.6 is 0 Å². The van der Waals surface area contributed by atoms with Crippen molar-refractivity contribution in [1.82, 2.24) is 5.32 Å². The third kappa shape index (κ3) is 9.22. The molecule has 5 atom stereocenters. The zero-order chi connectivity index (χ0) is 29.7. The van der Waals surface area contributed by atoms with Gasteiger partial charge in [0.1, 0.15) is 24.4 Å². The smallest absolute Gasteiger partial charge is 0.314 e. The first-order valence-electron chi connectivity index (χ1n) is 14.5. The molecule has 5 rings (SSSR count). The summed E-state index contributed by atoms with van der Waals surface area (Å²) in [5.74, 6) is 0. The summed E-state index contributed by atoms with van der Waals surface area (Å²) >= 11 is 0. The highest BCUT2D eigenvalue weighted by molar-refractivity contribution is 5.71. The highest BCUT2D eigenvalue weighted by Gasteiger charge is 2.49. The summed E-state index contributed by atoms with van der Waals surface area (Å²) in [5, 5.41) is 2.73. The van der Waals surface area contributed by atoms with Crippen LogP contribution in [0.15, 0.2) is 121 Å². The van der Waals surface area contributed by atoms with E-state index in [1.165, 1.54) is 0 Å². The van der Waals surface area contributed by atoms with Crippen molar-refractivity contribution in [1.29, 1.82) is 0 Å². The highest BCUT2D eigenvalue weighted by atomic mass is 16.6. The Labute approximate surface area is 252 Å². The number of carbonyl (C=O) groups is 1. The lowest BCUT2D eigenvalue weighted by Gasteiger charge is -2.46. The Kier molecular flexibility index (Phi) is 11.3. The van der Waals surface area contributed by atoms with Crippen molar-refractivity contribution in [3.05, 3.63) is 144 Å². The van der Waals surface area contributed by atoms with Gasteiger partial charge >= 0.3 is 6.03 Å². The van der Waals surface area contributed by atoms with Gasteiger partial charge in [0, 0.05) is 0 Å². The molecule has 1 fully saturated rings. The van der Waals surface area contributed by atoms with E-state index in [0.29, 0.717) is 19.8 Å². The maximum atomic E-state index is 12.1. The fourth-order valence-corrected chi connectivity index (χ4v) is 5.05. The first kappa shape index (κ1) is 30.4. The number of carbonyl (C=O) groups excluding carboxylic acids is 1. The normalized spacial score (nSPS) is 21.7. The molecular formula is C35H38N2O6. The number of nitrogens with one attached hydrogen (secondary N) is 1. The van der Waals surface area contributed by atoms with E-state index in [0.717, 1.165) is 22.3 Å². The first-order valence-corrected chi connectivity index (χ1v) is 14.5. The summed E-state index contributed by atoms with van der Waals surface area (Å²) in [6.07, 6.45) is -3.46. The van der Waals surface area contributed by atoms with Crippen molar-refractivity contribution in [3.63, 3.8) is 0 Å². The van der Waals surface area contributed by atoms with Crippen molar-refractivity contribution < 1.29 is 28.5 Å². The number of rotatable bonds is 14. The number of hydrogen-bond acceptors (Lipinski definition) is 6. The van der Waals surface area contributed by atoms with Crippen molar-refractivity contribution in [3.8, 4) is 0 Å². The van der Waals surface area contributed by atoms with Gasteiger partial charge in [-0.15, -0.1) is 0 Å². The van der Waals surface area contributed by atoms with Gasteiger partial charge < -0.3 is 34.7 Å². The zero-order valence-corrected chi connectivity index (χ0v) is 24.0. The molecule has 224 valence electrons. The van der Waals surface area contributed by atoms with Crippen LogP contribution in [0.4, 0.5) is 4.79 Å². The molecule has 1 saturated heterocycles. The third-order valence-electron chi connectivity index (χ3n) is 7.17. The topological polar surface area (TPSA) is 101 Å². The molecule has 1 aliphatic heterocycles. The van der Waals surface area contributed by atoms with Gasteiger partial charge in [0.25, 0.3) is 0 Å².